The quantitative estimate of drug-likeness (QED) is 0.732. The van der Waals surface area contributed by atoms with Crippen LogP contribution >= 0.6 is 11.8 Å². The molecule has 0 unspecified atom stereocenters. The minimum absolute atomic E-state index is 0.266. The summed E-state index contributed by atoms with van der Waals surface area (Å²) in [4.78, 5) is 11.3. The molecule has 3 heteroatoms. The Morgan fingerprint density at radius 3 is 2.60 bits per heavy atom. The SMILES string of the molecule is CCOC(=O)c1ccc(C=CSC)cc1. The fraction of sp³-hybridized carbons (Fsp3) is 0.250. The lowest BCUT2D eigenvalue weighted by atomic mass is 10.1. The molecule has 1 aromatic carbocycles. The summed E-state index contributed by atoms with van der Waals surface area (Å²) in [6.45, 7) is 2.21. The van der Waals surface area contributed by atoms with Crippen molar-refractivity contribution in [2.45, 2.75) is 6.92 Å². The largest absolute Gasteiger partial charge is 0.462 e. The van der Waals surface area contributed by atoms with E-state index in [0.717, 1.165) is 5.56 Å². The molecule has 0 spiro atoms. The topological polar surface area (TPSA) is 26.3 Å². The third-order valence-electron chi connectivity index (χ3n) is 1.82. The molecule has 0 fully saturated rings. The first-order valence-electron chi connectivity index (χ1n) is 4.74. The smallest absolute Gasteiger partial charge is 0.338 e. The van der Waals surface area contributed by atoms with Crippen LogP contribution in [0, 0.1) is 0 Å². The second-order valence-electron chi connectivity index (χ2n) is 2.88. The van der Waals surface area contributed by atoms with Crippen molar-refractivity contribution in [2.24, 2.45) is 0 Å². The minimum atomic E-state index is -0.266. The molecule has 0 aliphatic rings. The van der Waals surface area contributed by atoms with E-state index in [1.807, 2.05) is 29.9 Å². The molecule has 0 saturated heterocycles. The van der Waals surface area contributed by atoms with Crippen LogP contribution in [0.4, 0.5) is 0 Å². The molecule has 0 amide bonds. The Balaban J connectivity index is 2.71. The number of carbonyl (C=O) groups is 1. The number of hydrogen-bond acceptors (Lipinski definition) is 3. The Kier molecular flexibility index (Phi) is 4.98. The van der Waals surface area contributed by atoms with Crippen LogP contribution in [0.15, 0.2) is 29.7 Å². The van der Waals surface area contributed by atoms with Gasteiger partial charge in [-0.05, 0) is 42.4 Å². The van der Waals surface area contributed by atoms with Gasteiger partial charge in [0, 0.05) is 0 Å². The standard InChI is InChI=1S/C12H14O2S/c1-3-14-12(13)11-6-4-10(5-7-11)8-9-15-2/h4-9H,3H2,1-2H3. The highest BCUT2D eigenvalue weighted by Gasteiger charge is 2.04. The van der Waals surface area contributed by atoms with Crippen LogP contribution in [-0.2, 0) is 4.74 Å². The summed E-state index contributed by atoms with van der Waals surface area (Å²) in [5.41, 5.74) is 1.68. The lowest BCUT2D eigenvalue weighted by Crippen LogP contribution is -2.03. The Morgan fingerprint density at radius 1 is 1.40 bits per heavy atom. The average molecular weight is 222 g/mol. The van der Waals surface area contributed by atoms with Gasteiger partial charge in [0.15, 0.2) is 0 Å². The van der Waals surface area contributed by atoms with Gasteiger partial charge in [-0.3, -0.25) is 0 Å². The fourth-order valence-corrected chi connectivity index (χ4v) is 1.38. The zero-order chi connectivity index (χ0) is 11.1. The molecular formula is C12H14O2S. The Hall–Kier alpha value is -1.22. The van der Waals surface area contributed by atoms with Crippen molar-refractivity contribution in [2.75, 3.05) is 12.9 Å². The molecule has 0 aliphatic carbocycles. The summed E-state index contributed by atoms with van der Waals surface area (Å²) >= 11 is 1.64. The number of ether oxygens (including phenoxy) is 1. The molecule has 15 heavy (non-hydrogen) atoms. The van der Waals surface area contributed by atoms with Crippen molar-refractivity contribution in [3.05, 3.63) is 40.8 Å². The summed E-state index contributed by atoms with van der Waals surface area (Å²) < 4.78 is 4.89. The number of thioether (sulfide) groups is 1. The number of esters is 1. The average Bonchev–Trinajstić information content (AvgIpc) is 2.27. The number of rotatable bonds is 4. The molecule has 1 aromatic rings. The van der Waals surface area contributed by atoms with Crippen molar-refractivity contribution >= 4 is 23.8 Å². The highest BCUT2D eigenvalue weighted by molar-refractivity contribution is 8.01. The fourth-order valence-electron chi connectivity index (χ4n) is 1.09. The Bertz CT molecular complexity index is 341. The monoisotopic (exact) mass is 222 g/mol. The molecular weight excluding hydrogens is 208 g/mol. The van der Waals surface area contributed by atoms with E-state index in [9.17, 15) is 4.79 Å². The number of hydrogen-bond donors (Lipinski definition) is 0. The zero-order valence-corrected chi connectivity index (χ0v) is 9.71. The van der Waals surface area contributed by atoms with E-state index in [4.69, 9.17) is 4.74 Å². The molecule has 0 saturated carbocycles. The summed E-state index contributed by atoms with van der Waals surface area (Å²) in [6.07, 6.45) is 4.00. The lowest BCUT2D eigenvalue weighted by Gasteiger charge is -2.01. The molecule has 0 radical (unpaired) electrons. The first kappa shape index (κ1) is 11.9. The van der Waals surface area contributed by atoms with E-state index in [1.54, 1.807) is 30.8 Å². The van der Waals surface area contributed by atoms with Gasteiger partial charge in [0.25, 0.3) is 0 Å². The molecule has 0 heterocycles. The predicted molar refractivity (Wildman–Crippen MR) is 64.9 cm³/mol. The van der Waals surface area contributed by atoms with Crippen LogP contribution in [0.2, 0.25) is 0 Å². The van der Waals surface area contributed by atoms with E-state index < -0.39 is 0 Å². The molecule has 0 aliphatic heterocycles. The third-order valence-corrected chi connectivity index (χ3v) is 2.23. The maximum absolute atomic E-state index is 11.3. The van der Waals surface area contributed by atoms with Gasteiger partial charge in [-0.25, -0.2) is 4.79 Å². The molecule has 2 nitrogen and oxygen atoms in total. The third kappa shape index (κ3) is 3.80. The van der Waals surface area contributed by atoms with Crippen molar-refractivity contribution in [1.82, 2.24) is 0 Å². The van der Waals surface area contributed by atoms with Gasteiger partial charge in [0.2, 0.25) is 0 Å². The van der Waals surface area contributed by atoms with Crippen molar-refractivity contribution in [3.8, 4) is 0 Å². The van der Waals surface area contributed by atoms with E-state index in [1.165, 1.54) is 0 Å². The summed E-state index contributed by atoms with van der Waals surface area (Å²) in [7, 11) is 0. The Morgan fingerprint density at radius 2 is 2.07 bits per heavy atom. The van der Waals surface area contributed by atoms with Crippen LogP contribution < -0.4 is 0 Å². The summed E-state index contributed by atoms with van der Waals surface area (Å²) in [5, 5.41) is 2.00. The first-order valence-corrected chi connectivity index (χ1v) is 6.03. The highest BCUT2D eigenvalue weighted by Crippen LogP contribution is 2.09. The van der Waals surface area contributed by atoms with Gasteiger partial charge in [0.05, 0.1) is 12.2 Å². The lowest BCUT2D eigenvalue weighted by molar-refractivity contribution is 0.0526. The van der Waals surface area contributed by atoms with Crippen molar-refractivity contribution < 1.29 is 9.53 Å². The van der Waals surface area contributed by atoms with Gasteiger partial charge in [-0.1, -0.05) is 12.1 Å². The van der Waals surface area contributed by atoms with Crippen molar-refractivity contribution in [1.29, 1.82) is 0 Å². The van der Waals surface area contributed by atoms with Crippen LogP contribution in [0.25, 0.3) is 6.08 Å². The van der Waals surface area contributed by atoms with Gasteiger partial charge < -0.3 is 4.74 Å². The summed E-state index contributed by atoms with van der Waals surface area (Å²) in [5.74, 6) is -0.266. The normalized spacial score (nSPS) is 10.5. The van der Waals surface area contributed by atoms with Crippen molar-refractivity contribution in [3.63, 3.8) is 0 Å². The number of carbonyl (C=O) groups excluding carboxylic acids is 1. The molecule has 80 valence electrons. The van der Waals surface area contributed by atoms with Crippen LogP contribution in [0.1, 0.15) is 22.8 Å². The highest BCUT2D eigenvalue weighted by atomic mass is 32.2. The minimum Gasteiger partial charge on any atom is -0.462 e. The van der Waals surface area contributed by atoms with Gasteiger partial charge >= 0.3 is 5.97 Å². The molecule has 0 aromatic heterocycles. The van der Waals surface area contributed by atoms with Crippen LogP contribution in [0.3, 0.4) is 0 Å². The zero-order valence-electron chi connectivity index (χ0n) is 8.90. The van der Waals surface area contributed by atoms with E-state index in [-0.39, 0.29) is 5.97 Å². The van der Waals surface area contributed by atoms with Crippen LogP contribution in [-0.4, -0.2) is 18.8 Å². The molecule has 0 atom stereocenters. The first-order chi connectivity index (χ1) is 7.27. The van der Waals surface area contributed by atoms with E-state index in [0.29, 0.717) is 12.2 Å². The predicted octanol–water partition coefficient (Wildman–Crippen LogP) is 3.20. The number of benzene rings is 1. The van der Waals surface area contributed by atoms with E-state index in [2.05, 4.69) is 0 Å². The Labute approximate surface area is 94.3 Å². The second kappa shape index (κ2) is 6.30. The van der Waals surface area contributed by atoms with Gasteiger partial charge in [0.1, 0.15) is 0 Å². The van der Waals surface area contributed by atoms with Gasteiger partial charge in [-0.2, -0.15) is 0 Å². The summed E-state index contributed by atoms with van der Waals surface area (Å²) in [6, 6.07) is 7.36. The molecule has 0 N–H and O–H groups in total. The van der Waals surface area contributed by atoms with Gasteiger partial charge in [-0.15, -0.1) is 11.8 Å². The maximum atomic E-state index is 11.3. The van der Waals surface area contributed by atoms with Crippen LogP contribution in [0.5, 0.6) is 0 Å². The molecule has 1 rings (SSSR count). The maximum Gasteiger partial charge on any atom is 0.338 e. The van der Waals surface area contributed by atoms with E-state index >= 15 is 0 Å². The molecule has 0 bridgehead atoms. The second-order valence-corrected chi connectivity index (χ2v) is 3.62.